The van der Waals surface area contributed by atoms with Crippen molar-refractivity contribution in [3.05, 3.63) is 102 Å². The highest BCUT2D eigenvalue weighted by molar-refractivity contribution is 7.85. The quantitative estimate of drug-likeness (QED) is 0.319. The molecule has 2 aliphatic heterocycles. The third kappa shape index (κ3) is 6.21. The molecule has 0 saturated carbocycles. The molecule has 3 aromatic carbocycles. The summed E-state index contributed by atoms with van der Waals surface area (Å²) in [6, 6.07) is 29.8. The Morgan fingerprint density at radius 2 is 1.26 bits per heavy atom. The maximum absolute atomic E-state index is 10.4. The summed E-state index contributed by atoms with van der Waals surface area (Å²) in [6.45, 7) is 1.82. The number of fused-ring (bicyclic) bond motifs is 2. The first kappa shape index (κ1) is 25.6. The number of nitrogens with zero attached hydrogens (tertiary/aromatic N) is 1. The third-order valence-electron chi connectivity index (χ3n) is 8.21. The van der Waals surface area contributed by atoms with Gasteiger partial charge in [0.2, 0.25) is 0 Å². The molecule has 2 unspecified atom stereocenters. The van der Waals surface area contributed by atoms with Gasteiger partial charge in [0.25, 0.3) is 0 Å². The van der Waals surface area contributed by atoms with E-state index in [-0.39, 0.29) is 4.90 Å². The summed E-state index contributed by atoms with van der Waals surface area (Å²) >= 11 is 0. The molecule has 2 atom stereocenters. The highest BCUT2D eigenvalue weighted by Crippen LogP contribution is 2.45. The van der Waals surface area contributed by atoms with Gasteiger partial charge in [-0.15, -0.1) is 0 Å². The Morgan fingerprint density at radius 3 is 1.69 bits per heavy atom. The Labute approximate surface area is 211 Å². The molecule has 0 aliphatic carbocycles. The lowest BCUT2D eigenvalue weighted by Gasteiger charge is -2.45. The lowest BCUT2D eigenvalue weighted by atomic mass is 9.78. The Bertz CT molecular complexity index is 1140. The van der Waals surface area contributed by atoms with Gasteiger partial charge in [-0.1, -0.05) is 78.4 Å². The van der Waals surface area contributed by atoms with Crippen molar-refractivity contribution in [2.45, 2.75) is 61.9 Å². The van der Waals surface area contributed by atoms with E-state index in [4.69, 9.17) is 0 Å². The zero-order chi connectivity index (χ0) is 25.1. The van der Waals surface area contributed by atoms with Crippen LogP contribution in [0.15, 0.2) is 89.8 Å². The minimum absolute atomic E-state index is 0.178. The van der Waals surface area contributed by atoms with Gasteiger partial charge in [-0.2, -0.15) is 0 Å². The van der Waals surface area contributed by atoms with Crippen molar-refractivity contribution >= 4 is 10.1 Å². The topological polar surface area (TPSA) is 57.2 Å². The molecule has 2 heterocycles. The fourth-order valence-electron chi connectivity index (χ4n) is 6.06. The van der Waals surface area contributed by atoms with Gasteiger partial charge in [0.15, 0.2) is 0 Å². The summed E-state index contributed by atoms with van der Waals surface area (Å²) < 4.78 is 32.4. The maximum Gasteiger partial charge on any atom is 0.124 e. The molecule has 2 bridgehead atoms. The van der Waals surface area contributed by atoms with Gasteiger partial charge in [0.1, 0.15) is 10.1 Å². The van der Waals surface area contributed by atoms with E-state index in [0.29, 0.717) is 5.92 Å². The number of hydrogen-bond donors (Lipinski definition) is 0. The summed E-state index contributed by atoms with van der Waals surface area (Å²) in [5.74, 6) is 1.42. The SMILES string of the molecule is C[N+]1(C)C2CCC1CC(CC(c1ccccc1)c1ccccc1)C2.Cc1ccc(S(=O)(=O)[O-])cc1. The molecule has 0 radical (unpaired) electrons. The molecule has 0 spiro atoms. The summed E-state index contributed by atoms with van der Waals surface area (Å²) in [4.78, 5) is -0.178. The summed E-state index contributed by atoms with van der Waals surface area (Å²) in [7, 11) is 0.656. The van der Waals surface area contributed by atoms with Crippen molar-refractivity contribution in [1.82, 2.24) is 0 Å². The third-order valence-corrected chi connectivity index (χ3v) is 9.06. The van der Waals surface area contributed by atoms with Crippen LogP contribution in [0.3, 0.4) is 0 Å². The number of aryl methyl sites for hydroxylation is 1. The monoisotopic (exact) mass is 491 g/mol. The Balaban J connectivity index is 0.000000221. The van der Waals surface area contributed by atoms with Crippen molar-refractivity contribution in [2.75, 3.05) is 14.1 Å². The molecule has 2 fully saturated rings. The van der Waals surface area contributed by atoms with Crippen LogP contribution in [0.1, 0.15) is 54.7 Å². The van der Waals surface area contributed by atoms with E-state index in [2.05, 4.69) is 74.8 Å². The van der Waals surface area contributed by atoms with Crippen molar-refractivity contribution in [3.63, 3.8) is 0 Å². The van der Waals surface area contributed by atoms with Crippen LogP contribution in [0.2, 0.25) is 0 Å². The zero-order valence-electron chi connectivity index (χ0n) is 21.0. The summed E-state index contributed by atoms with van der Waals surface area (Å²) in [5.41, 5.74) is 3.89. The highest BCUT2D eigenvalue weighted by Gasteiger charge is 2.48. The fraction of sp³-hybridized carbons (Fsp3) is 0.400. The summed E-state index contributed by atoms with van der Waals surface area (Å²) in [6.07, 6.45) is 7.02. The van der Waals surface area contributed by atoms with Crippen LogP contribution in [-0.2, 0) is 10.1 Å². The molecular formula is C30H37NO3S. The maximum atomic E-state index is 10.4. The van der Waals surface area contributed by atoms with Crippen LogP contribution in [0.5, 0.6) is 0 Å². The Morgan fingerprint density at radius 1 is 0.800 bits per heavy atom. The first-order valence-corrected chi connectivity index (χ1v) is 14.0. The fourth-order valence-corrected chi connectivity index (χ4v) is 6.53. The van der Waals surface area contributed by atoms with E-state index in [1.165, 1.54) is 59.8 Å². The van der Waals surface area contributed by atoms with Crippen molar-refractivity contribution in [3.8, 4) is 0 Å². The van der Waals surface area contributed by atoms with E-state index in [1.54, 1.807) is 12.1 Å². The first-order chi connectivity index (χ1) is 16.6. The molecular weight excluding hydrogens is 454 g/mol. The molecule has 0 N–H and O–H groups in total. The molecule has 35 heavy (non-hydrogen) atoms. The molecule has 5 heteroatoms. The first-order valence-electron chi connectivity index (χ1n) is 12.6. The standard InChI is InChI=1S/C23H30N.C7H8O3S/c1-24(2)21-13-14-22(24)16-18(15-21)17-23(19-9-5-3-6-10-19)20-11-7-4-8-12-20;1-6-2-4-7(5-3-6)11(8,9)10/h3-12,18,21-23H,13-17H2,1-2H3;2-5H,1H3,(H,8,9,10)/q+1;/p-1. The second-order valence-electron chi connectivity index (χ2n) is 10.7. The smallest absolute Gasteiger partial charge is 0.124 e. The molecule has 5 rings (SSSR count). The molecule has 2 aliphatic rings. The number of hydrogen-bond acceptors (Lipinski definition) is 3. The van der Waals surface area contributed by atoms with Gasteiger partial charge in [-0.3, -0.25) is 0 Å². The number of piperidine rings is 1. The largest absolute Gasteiger partial charge is 0.744 e. The van der Waals surface area contributed by atoms with Crippen molar-refractivity contribution in [2.24, 2.45) is 5.92 Å². The molecule has 186 valence electrons. The Hall–Kier alpha value is -2.47. The second-order valence-corrected chi connectivity index (χ2v) is 12.1. The van der Waals surface area contributed by atoms with Crippen molar-refractivity contribution < 1.29 is 17.5 Å². The van der Waals surface area contributed by atoms with E-state index in [9.17, 15) is 13.0 Å². The molecule has 4 nitrogen and oxygen atoms in total. The van der Waals surface area contributed by atoms with Crippen LogP contribution in [0, 0.1) is 12.8 Å². The average Bonchev–Trinajstić information content (AvgIpc) is 3.00. The molecule has 3 aromatic rings. The van der Waals surface area contributed by atoms with E-state index in [0.717, 1.165) is 23.6 Å². The zero-order valence-corrected chi connectivity index (χ0v) is 21.8. The average molecular weight is 492 g/mol. The molecule has 0 amide bonds. The van der Waals surface area contributed by atoms with Crippen LogP contribution < -0.4 is 0 Å². The van der Waals surface area contributed by atoms with E-state index >= 15 is 0 Å². The normalized spacial score (nSPS) is 22.9. The van der Waals surface area contributed by atoms with E-state index in [1.807, 2.05) is 6.92 Å². The number of rotatable bonds is 5. The van der Waals surface area contributed by atoms with Crippen molar-refractivity contribution in [1.29, 1.82) is 0 Å². The lowest BCUT2D eigenvalue weighted by molar-refractivity contribution is -0.931. The number of benzene rings is 3. The highest BCUT2D eigenvalue weighted by atomic mass is 32.2. The minimum Gasteiger partial charge on any atom is -0.744 e. The van der Waals surface area contributed by atoms with Crippen LogP contribution in [0.4, 0.5) is 0 Å². The number of quaternary nitrogens is 1. The lowest BCUT2D eigenvalue weighted by Crippen LogP contribution is -2.54. The van der Waals surface area contributed by atoms with Gasteiger partial charge >= 0.3 is 0 Å². The minimum atomic E-state index is -4.27. The second kappa shape index (κ2) is 10.7. The van der Waals surface area contributed by atoms with Gasteiger partial charge in [-0.05, 0) is 42.5 Å². The molecule has 0 aromatic heterocycles. The van der Waals surface area contributed by atoms with Gasteiger partial charge < -0.3 is 9.04 Å². The van der Waals surface area contributed by atoms with Gasteiger partial charge in [-0.25, -0.2) is 8.42 Å². The van der Waals surface area contributed by atoms with Gasteiger partial charge in [0.05, 0.1) is 31.1 Å². The molecule has 2 saturated heterocycles. The predicted octanol–water partition coefficient (Wildman–Crippen LogP) is 6.13. The Kier molecular flexibility index (Phi) is 7.80. The predicted molar refractivity (Wildman–Crippen MR) is 140 cm³/mol. The van der Waals surface area contributed by atoms with E-state index < -0.39 is 10.1 Å². The van der Waals surface area contributed by atoms with Crippen LogP contribution in [0.25, 0.3) is 0 Å². The summed E-state index contributed by atoms with van der Waals surface area (Å²) in [5, 5.41) is 0. The van der Waals surface area contributed by atoms with Crippen LogP contribution in [-0.4, -0.2) is 43.6 Å². The van der Waals surface area contributed by atoms with Gasteiger partial charge in [0, 0.05) is 31.6 Å². The van der Waals surface area contributed by atoms with Crippen LogP contribution >= 0.6 is 0 Å².